The van der Waals surface area contributed by atoms with Crippen molar-refractivity contribution in [1.29, 1.82) is 0 Å². The van der Waals surface area contributed by atoms with Gasteiger partial charge in [-0.15, -0.1) is 0 Å². The number of aliphatic hydroxyl groups is 1. The fraction of sp³-hybridized carbons (Fsp3) is 0.625. The number of hydrogen-bond acceptors (Lipinski definition) is 2. The number of hydrogen-bond donors (Lipinski definition) is 2. The fourth-order valence-electron chi connectivity index (χ4n) is 2.28. The molecule has 1 rings (SSSR count). The van der Waals surface area contributed by atoms with Crippen molar-refractivity contribution in [1.82, 2.24) is 5.32 Å². The molecular formula is C16H27NO. The molecule has 0 atom stereocenters. The molecule has 0 saturated carbocycles. The van der Waals surface area contributed by atoms with Crippen LogP contribution < -0.4 is 5.32 Å². The smallest absolute Gasteiger partial charge is 0.0431 e. The zero-order chi connectivity index (χ0) is 13.1. The number of rotatable bonds is 10. The van der Waals surface area contributed by atoms with Crippen LogP contribution in [0.15, 0.2) is 24.3 Å². The molecule has 0 radical (unpaired) electrons. The van der Waals surface area contributed by atoms with E-state index in [1.54, 1.807) is 0 Å². The largest absolute Gasteiger partial charge is 0.396 e. The van der Waals surface area contributed by atoms with Crippen LogP contribution in [0.25, 0.3) is 0 Å². The van der Waals surface area contributed by atoms with Gasteiger partial charge in [-0.2, -0.15) is 0 Å². The zero-order valence-corrected chi connectivity index (χ0v) is 11.6. The van der Waals surface area contributed by atoms with Gasteiger partial charge in [0.2, 0.25) is 0 Å². The van der Waals surface area contributed by atoms with Crippen molar-refractivity contribution in [3.63, 3.8) is 0 Å². The highest BCUT2D eigenvalue weighted by Crippen LogP contribution is 2.14. The van der Waals surface area contributed by atoms with Gasteiger partial charge >= 0.3 is 0 Å². The van der Waals surface area contributed by atoms with Gasteiger partial charge in [0.05, 0.1) is 0 Å². The fourth-order valence-corrected chi connectivity index (χ4v) is 2.28. The van der Waals surface area contributed by atoms with Crippen LogP contribution in [0.4, 0.5) is 0 Å². The van der Waals surface area contributed by atoms with E-state index in [0.717, 1.165) is 19.4 Å². The minimum atomic E-state index is 0.334. The van der Waals surface area contributed by atoms with Crippen LogP contribution in [0, 0.1) is 0 Å². The predicted molar refractivity (Wildman–Crippen MR) is 77.9 cm³/mol. The first-order valence-electron chi connectivity index (χ1n) is 7.20. The van der Waals surface area contributed by atoms with Gasteiger partial charge in [-0.3, -0.25) is 0 Å². The first kappa shape index (κ1) is 15.2. The van der Waals surface area contributed by atoms with Gasteiger partial charge in [0.15, 0.2) is 0 Å². The van der Waals surface area contributed by atoms with E-state index >= 15 is 0 Å². The van der Waals surface area contributed by atoms with Crippen molar-refractivity contribution in [2.45, 2.75) is 44.9 Å². The van der Waals surface area contributed by atoms with Crippen LogP contribution in [-0.4, -0.2) is 25.3 Å². The Hall–Kier alpha value is -0.860. The van der Waals surface area contributed by atoms with E-state index in [2.05, 4.69) is 29.6 Å². The summed E-state index contributed by atoms with van der Waals surface area (Å²) in [6, 6.07) is 8.81. The van der Waals surface area contributed by atoms with Gasteiger partial charge in [-0.25, -0.2) is 0 Å². The highest BCUT2D eigenvalue weighted by molar-refractivity contribution is 5.27. The Morgan fingerprint density at radius 2 is 1.50 bits per heavy atom. The minimum absolute atomic E-state index is 0.334. The van der Waals surface area contributed by atoms with Gasteiger partial charge in [-0.1, -0.05) is 37.1 Å². The maximum atomic E-state index is 8.74. The molecule has 1 aromatic carbocycles. The lowest BCUT2D eigenvalue weighted by molar-refractivity contribution is 0.282. The standard InChI is InChI=1S/C16H27NO/c1-17-13-8-12-16-11-6-5-10-15(16)9-4-2-3-7-14-18/h5-6,10-11,17-18H,2-4,7-9,12-14H2,1H3. The molecule has 2 N–H and O–H groups in total. The summed E-state index contributed by atoms with van der Waals surface area (Å²) < 4.78 is 0. The van der Waals surface area contributed by atoms with Crippen molar-refractivity contribution in [2.75, 3.05) is 20.2 Å². The molecule has 0 aromatic heterocycles. The molecule has 0 heterocycles. The summed E-state index contributed by atoms with van der Waals surface area (Å²) in [5.41, 5.74) is 3.02. The first-order valence-corrected chi connectivity index (χ1v) is 7.20. The summed E-state index contributed by atoms with van der Waals surface area (Å²) in [5, 5.41) is 11.9. The summed E-state index contributed by atoms with van der Waals surface area (Å²) in [6.07, 6.45) is 8.13. The van der Waals surface area contributed by atoms with Crippen LogP contribution in [0.2, 0.25) is 0 Å². The molecule has 0 fully saturated rings. The van der Waals surface area contributed by atoms with E-state index in [1.165, 1.54) is 43.2 Å². The molecule has 1 aromatic rings. The Morgan fingerprint density at radius 1 is 0.889 bits per heavy atom. The molecule has 0 bridgehead atoms. The third-order valence-electron chi connectivity index (χ3n) is 3.35. The number of aryl methyl sites for hydroxylation is 2. The molecule has 0 aliphatic rings. The molecule has 0 saturated heterocycles. The van der Waals surface area contributed by atoms with E-state index in [4.69, 9.17) is 5.11 Å². The van der Waals surface area contributed by atoms with E-state index in [0.29, 0.717) is 6.61 Å². The average Bonchev–Trinajstić information content (AvgIpc) is 2.40. The van der Waals surface area contributed by atoms with Crippen molar-refractivity contribution >= 4 is 0 Å². The van der Waals surface area contributed by atoms with Gasteiger partial charge in [-0.05, 0) is 56.8 Å². The Bertz CT molecular complexity index is 312. The van der Waals surface area contributed by atoms with Crippen LogP contribution >= 0.6 is 0 Å². The number of aliphatic hydroxyl groups excluding tert-OH is 1. The summed E-state index contributed by atoms with van der Waals surface area (Å²) >= 11 is 0. The Balaban J connectivity index is 2.33. The van der Waals surface area contributed by atoms with E-state index < -0.39 is 0 Å². The third kappa shape index (κ3) is 6.18. The Kier molecular flexibility index (Phi) is 8.53. The molecule has 0 spiro atoms. The highest BCUT2D eigenvalue weighted by atomic mass is 16.2. The molecule has 18 heavy (non-hydrogen) atoms. The predicted octanol–water partition coefficient (Wildman–Crippen LogP) is 2.93. The lowest BCUT2D eigenvalue weighted by Gasteiger charge is -2.09. The molecule has 102 valence electrons. The second-order valence-electron chi connectivity index (χ2n) is 4.86. The maximum Gasteiger partial charge on any atom is 0.0431 e. The van der Waals surface area contributed by atoms with Crippen molar-refractivity contribution in [3.8, 4) is 0 Å². The van der Waals surface area contributed by atoms with E-state index in [-0.39, 0.29) is 0 Å². The van der Waals surface area contributed by atoms with Gasteiger partial charge in [0.25, 0.3) is 0 Å². The van der Waals surface area contributed by atoms with Crippen LogP contribution in [0.5, 0.6) is 0 Å². The van der Waals surface area contributed by atoms with E-state index in [9.17, 15) is 0 Å². The maximum absolute atomic E-state index is 8.74. The average molecular weight is 249 g/mol. The van der Waals surface area contributed by atoms with Crippen molar-refractivity contribution in [2.24, 2.45) is 0 Å². The molecule has 2 heteroatoms. The van der Waals surface area contributed by atoms with E-state index in [1.807, 2.05) is 7.05 Å². The van der Waals surface area contributed by atoms with Crippen LogP contribution in [0.1, 0.15) is 43.2 Å². The summed E-state index contributed by atoms with van der Waals surface area (Å²) in [5.74, 6) is 0. The zero-order valence-electron chi connectivity index (χ0n) is 11.6. The number of nitrogens with one attached hydrogen (secondary N) is 1. The molecular weight excluding hydrogens is 222 g/mol. The summed E-state index contributed by atoms with van der Waals surface area (Å²) in [7, 11) is 2.01. The van der Waals surface area contributed by atoms with Gasteiger partial charge in [0.1, 0.15) is 0 Å². The molecule has 0 aliphatic carbocycles. The summed E-state index contributed by atoms with van der Waals surface area (Å²) in [6.45, 7) is 1.42. The lowest BCUT2D eigenvalue weighted by atomic mass is 9.98. The second kappa shape index (κ2) is 10.1. The van der Waals surface area contributed by atoms with Crippen LogP contribution in [0.3, 0.4) is 0 Å². The van der Waals surface area contributed by atoms with Crippen molar-refractivity contribution in [3.05, 3.63) is 35.4 Å². The highest BCUT2D eigenvalue weighted by Gasteiger charge is 2.01. The second-order valence-corrected chi connectivity index (χ2v) is 4.86. The summed E-state index contributed by atoms with van der Waals surface area (Å²) in [4.78, 5) is 0. The number of benzene rings is 1. The molecule has 0 amide bonds. The monoisotopic (exact) mass is 249 g/mol. The van der Waals surface area contributed by atoms with Crippen LogP contribution in [-0.2, 0) is 12.8 Å². The van der Waals surface area contributed by atoms with Gasteiger partial charge < -0.3 is 10.4 Å². The Labute approximate surface area is 111 Å². The SMILES string of the molecule is CNCCCc1ccccc1CCCCCCO. The Morgan fingerprint density at radius 3 is 2.11 bits per heavy atom. The topological polar surface area (TPSA) is 32.3 Å². The quantitative estimate of drug-likeness (QED) is 0.625. The third-order valence-corrected chi connectivity index (χ3v) is 3.35. The minimum Gasteiger partial charge on any atom is -0.396 e. The first-order chi connectivity index (χ1) is 8.88. The molecule has 2 nitrogen and oxygen atoms in total. The number of unbranched alkanes of at least 4 members (excludes halogenated alkanes) is 3. The molecule has 0 aliphatic heterocycles. The van der Waals surface area contributed by atoms with Gasteiger partial charge in [0, 0.05) is 6.61 Å². The normalized spacial score (nSPS) is 10.8. The molecule has 0 unspecified atom stereocenters. The lowest BCUT2D eigenvalue weighted by Crippen LogP contribution is -2.09. The van der Waals surface area contributed by atoms with Crippen molar-refractivity contribution < 1.29 is 5.11 Å².